The van der Waals surface area contributed by atoms with E-state index in [1.54, 1.807) is 14.0 Å². The third-order valence-electron chi connectivity index (χ3n) is 5.47. The van der Waals surface area contributed by atoms with Crippen LogP contribution < -0.4 is 15.6 Å². The van der Waals surface area contributed by atoms with Gasteiger partial charge in [-0.25, -0.2) is 4.68 Å². The van der Waals surface area contributed by atoms with Gasteiger partial charge in [0.1, 0.15) is 23.2 Å². The summed E-state index contributed by atoms with van der Waals surface area (Å²) in [6.45, 7) is 5.48. The maximum atomic E-state index is 13.2. The Hall–Kier alpha value is -3.94. The predicted molar refractivity (Wildman–Crippen MR) is 122 cm³/mol. The average molecular weight is 432 g/mol. The highest BCUT2D eigenvalue weighted by Crippen LogP contribution is 2.29. The van der Waals surface area contributed by atoms with Gasteiger partial charge in [-0.05, 0) is 56.2 Å². The van der Waals surface area contributed by atoms with Gasteiger partial charge in [-0.15, -0.1) is 0 Å². The van der Waals surface area contributed by atoms with E-state index in [9.17, 15) is 9.59 Å². The van der Waals surface area contributed by atoms with Crippen molar-refractivity contribution in [3.05, 3.63) is 70.2 Å². The van der Waals surface area contributed by atoms with E-state index in [0.29, 0.717) is 34.7 Å². The monoisotopic (exact) mass is 432 g/mol. The molecule has 164 valence electrons. The smallest absolute Gasteiger partial charge is 0.297 e. The van der Waals surface area contributed by atoms with E-state index in [2.05, 4.69) is 15.6 Å². The van der Waals surface area contributed by atoms with Crippen molar-refractivity contribution >= 4 is 22.5 Å². The first-order chi connectivity index (χ1) is 15.4. The number of fused-ring (bicyclic) bond motifs is 1. The molecule has 0 spiro atoms. The molecule has 1 amide bonds. The highest BCUT2D eigenvalue weighted by Gasteiger charge is 2.26. The molecule has 1 N–H and O–H groups in total. The summed E-state index contributed by atoms with van der Waals surface area (Å²) in [6.07, 6.45) is 0.370. The molecule has 0 saturated carbocycles. The lowest BCUT2D eigenvalue weighted by Crippen LogP contribution is -2.35. The second-order valence-electron chi connectivity index (χ2n) is 7.52. The van der Waals surface area contributed by atoms with Crippen LogP contribution in [0.1, 0.15) is 30.7 Å². The van der Waals surface area contributed by atoms with E-state index in [0.717, 1.165) is 11.1 Å². The number of aromatic nitrogens is 3. The molecule has 0 fully saturated rings. The van der Waals surface area contributed by atoms with Crippen LogP contribution in [-0.4, -0.2) is 28.0 Å². The molecule has 0 aliphatic heterocycles. The Balaban J connectivity index is 1.84. The Morgan fingerprint density at radius 1 is 1.16 bits per heavy atom. The van der Waals surface area contributed by atoms with Crippen molar-refractivity contribution in [2.75, 3.05) is 12.4 Å². The minimum absolute atomic E-state index is 0.144. The number of hydrogen-bond donors (Lipinski definition) is 1. The minimum Gasteiger partial charge on any atom is -0.497 e. The fourth-order valence-electron chi connectivity index (χ4n) is 3.67. The SMILES string of the molecule is CC[C@H](C(=O)Nc1ccccc1C)n1nc(-c2ccc(OC)cc2)c2c(C)onc2c1=O. The Kier molecular flexibility index (Phi) is 5.77. The number of hydrogen-bond acceptors (Lipinski definition) is 6. The number of nitrogens with one attached hydrogen (secondary N) is 1. The fourth-order valence-corrected chi connectivity index (χ4v) is 3.67. The Bertz CT molecular complexity index is 1340. The van der Waals surface area contributed by atoms with Crippen molar-refractivity contribution in [3.63, 3.8) is 0 Å². The molecule has 4 aromatic rings. The summed E-state index contributed by atoms with van der Waals surface area (Å²) >= 11 is 0. The van der Waals surface area contributed by atoms with Crippen LogP contribution >= 0.6 is 0 Å². The number of anilines is 1. The van der Waals surface area contributed by atoms with E-state index in [4.69, 9.17) is 9.26 Å². The summed E-state index contributed by atoms with van der Waals surface area (Å²) in [5.74, 6) is 0.862. The molecule has 0 saturated heterocycles. The lowest BCUT2D eigenvalue weighted by molar-refractivity contribution is -0.119. The van der Waals surface area contributed by atoms with Crippen LogP contribution in [0.2, 0.25) is 0 Å². The number of amides is 1. The standard InChI is InChI=1S/C24H24N4O4/c1-5-19(23(29)25-18-9-7-6-8-14(18)2)28-24(30)22-20(15(3)32-27-22)21(26-28)16-10-12-17(31-4)13-11-16/h6-13,19H,5H2,1-4H3,(H,25,29)/t19-/m1/s1. The molecular formula is C24H24N4O4. The van der Waals surface area contributed by atoms with E-state index in [1.165, 1.54) is 4.68 Å². The maximum Gasteiger partial charge on any atom is 0.297 e. The summed E-state index contributed by atoms with van der Waals surface area (Å²) < 4.78 is 11.8. The maximum absolute atomic E-state index is 13.2. The van der Waals surface area contributed by atoms with Crippen molar-refractivity contribution < 1.29 is 14.1 Å². The van der Waals surface area contributed by atoms with Crippen LogP contribution in [0.5, 0.6) is 5.75 Å². The van der Waals surface area contributed by atoms with Crippen LogP contribution in [-0.2, 0) is 4.79 Å². The van der Waals surface area contributed by atoms with Gasteiger partial charge in [-0.1, -0.05) is 30.3 Å². The number of ether oxygens (including phenoxy) is 1. The number of methoxy groups -OCH3 is 1. The molecule has 0 unspecified atom stereocenters. The zero-order valence-electron chi connectivity index (χ0n) is 18.4. The molecule has 0 aliphatic carbocycles. The van der Waals surface area contributed by atoms with Gasteiger partial charge in [0.25, 0.3) is 5.56 Å². The average Bonchev–Trinajstić information content (AvgIpc) is 3.19. The lowest BCUT2D eigenvalue weighted by Gasteiger charge is -2.18. The molecule has 8 heteroatoms. The van der Waals surface area contributed by atoms with Crippen molar-refractivity contribution in [1.29, 1.82) is 0 Å². The van der Waals surface area contributed by atoms with Gasteiger partial charge in [0.15, 0.2) is 5.52 Å². The van der Waals surface area contributed by atoms with Crippen LogP contribution in [0.15, 0.2) is 57.8 Å². The number of rotatable bonds is 6. The second-order valence-corrected chi connectivity index (χ2v) is 7.52. The summed E-state index contributed by atoms with van der Waals surface area (Å²) in [7, 11) is 1.59. The Morgan fingerprint density at radius 2 is 1.88 bits per heavy atom. The molecule has 4 rings (SSSR count). The molecule has 2 heterocycles. The van der Waals surface area contributed by atoms with Crippen molar-refractivity contribution in [2.24, 2.45) is 0 Å². The molecular weight excluding hydrogens is 408 g/mol. The van der Waals surface area contributed by atoms with Gasteiger partial charge in [0.05, 0.1) is 12.5 Å². The fraction of sp³-hybridized carbons (Fsp3) is 0.250. The third kappa shape index (κ3) is 3.75. The summed E-state index contributed by atoms with van der Waals surface area (Å²) in [5, 5.41) is 12.0. The largest absolute Gasteiger partial charge is 0.497 e. The highest BCUT2D eigenvalue weighted by atomic mass is 16.5. The third-order valence-corrected chi connectivity index (χ3v) is 5.47. The number of carbonyl (C=O) groups excluding carboxylic acids is 1. The van der Waals surface area contributed by atoms with E-state index in [1.807, 2.05) is 62.4 Å². The quantitative estimate of drug-likeness (QED) is 0.489. The highest BCUT2D eigenvalue weighted by molar-refractivity contribution is 5.96. The van der Waals surface area contributed by atoms with Crippen molar-refractivity contribution in [3.8, 4) is 17.0 Å². The van der Waals surface area contributed by atoms with Gasteiger partial charge in [-0.2, -0.15) is 5.10 Å². The first kappa shape index (κ1) is 21.3. The van der Waals surface area contributed by atoms with Crippen LogP contribution in [0.4, 0.5) is 5.69 Å². The summed E-state index contributed by atoms with van der Waals surface area (Å²) in [5.41, 5.74) is 2.56. The molecule has 8 nitrogen and oxygen atoms in total. The number of aryl methyl sites for hydroxylation is 2. The summed E-state index contributed by atoms with van der Waals surface area (Å²) in [4.78, 5) is 26.4. The van der Waals surface area contributed by atoms with Crippen LogP contribution in [0.3, 0.4) is 0 Å². The zero-order valence-corrected chi connectivity index (χ0v) is 18.4. The normalized spacial score (nSPS) is 12.0. The molecule has 32 heavy (non-hydrogen) atoms. The first-order valence-corrected chi connectivity index (χ1v) is 10.3. The molecule has 0 bridgehead atoms. The van der Waals surface area contributed by atoms with Crippen LogP contribution in [0, 0.1) is 13.8 Å². The Morgan fingerprint density at radius 3 is 2.53 bits per heavy atom. The predicted octanol–water partition coefficient (Wildman–Crippen LogP) is 4.27. The summed E-state index contributed by atoms with van der Waals surface area (Å²) in [6, 6.07) is 14.0. The minimum atomic E-state index is -0.819. The molecule has 1 atom stereocenters. The van der Waals surface area contributed by atoms with Crippen molar-refractivity contribution in [1.82, 2.24) is 14.9 Å². The van der Waals surface area contributed by atoms with Crippen LogP contribution in [0.25, 0.3) is 22.2 Å². The van der Waals surface area contributed by atoms with Gasteiger partial charge >= 0.3 is 0 Å². The van der Waals surface area contributed by atoms with Gasteiger partial charge in [-0.3, -0.25) is 9.59 Å². The first-order valence-electron chi connectivity index (χ1n) is 10.3. The molecule has 0 aliphatic rings. The molecule has 2 aromatic heterocycles. The van der Waals surface area contributed by atoms with Gasteiger partial charge in [0, 0.05) is 11.3 Å². The number of nitrogens with zero attached hydrogens (tertiary/aromatic N) is 3. The number of benzene rings is 2. The van der Waals surface area contributed by atoms with Crippen molar-refractivity contribution in [2.45, 2.75) is 33.2 Å². The topological polar surface area (TPSA) is 99.2 Å². The van der Waals surface area contributed by atoms with Gasteiger partial charge in [0.2, 0.25) is 5.91 Å². The van der Waals surface area contributed by atoms with Gasteiger partial charge < -0.3 is 14.6 Å². The van der Waals surface area contributed by atoms with E-state index < -0.39 is 11.6 Å². The molecule has 2 aromatic carbocycles. The zero-order chi connectivity index (χ0) is 22.8. The lowest BCUT2D eigenvalue weighted by atomic mass is 10.1. The number of para-hydroxylation sites is 1. The molecule has 0 radical (unpaired) electrons. The second kappa shape index (κ2) is 8.66. The van der Waals surface area contributed by atoms with E-state index in [-0.39, 0.29) is 11.4 Å². The van der Waals surface area contributed by atoms with E-state index >= 15 is 0 Å². The Labute approximate surface area is 184 Å². The number of carbonyl (C=O) groups is 1.